The van der Waals surface area contributed by atoms with Crippen LogP contribution in [-0.2, 0) is 12.8 Å². The largest absolute Gasteiger partial charge is 0.0853 e. The van der Waals surface area contributed by atoms with Crippen molar-refractivity contribution in [2.75, 3.05) is 0 Å². The van der Waals surface area contributed by atoms with Crippen molar-refractivity contribution in [3.05, 3.63) is 34.9 Å². The van der Waals surface area contributed by atoms with Crippen molar-refractivity contribution >= 4 is 15.9 Å². The number of alkyl halides is 1. The number of halogens is 1. The minimum atomic E-state index is 0.326. The molecule has 70 valence electrons. The van der Waals surface area contributed by atoms with Crippen LogP contribution >= 0.6 is 15.9 Å². The summed E-state index contributed by atoms with van der Waals surface area (Å²) in [5, 5.41) is 0. The van der Waals surface area contributed by atoms with Crippen molar-refractivity contribution < 1.29 is 0 Å². The summed E-state index contributed by atoms with van der Waals surface area (Å²) in [7, 11) is 0. The maximum absolute atomic E-state index is 3.80. The molecule has 1 heteroatoms. The molecule has 0 N–H and O–H groups in total. The lowest BCUT2D eigenvalue weighted by atomic mass is 9.83. The third-order valence-electron chi connectivity index (χ3n) is 2.97. The molecule has 1 aromatic rings. The quantitative estimate of drug-likeness (QED) is 0.606. The summed E-state index contributed by atoms with van der Waals surface area (Å²) in [6.07, 6.45) is 3.65. The molecule has 0 nitrogen and oxygen atoms in total. The Balaban J connectivity index is 2.44. The lowest BCUT2D eigenvalue weighted by Gasteiger charge is -2.30. The SMILES string of the molecule is Cc1cccc2c1CC(C)(Br)CC2. The van der Waals surface area contributed by atoms with E-state index in [4.69, 9.17) is 0 Å². The number of fused-ring (bicyclic) bond motifs is 1. The van der Waals surface area contributed by atoms with Crippen molar-refractivity contribution in [3.63, 3.8) is 0 Å². The van der Waals surface area contributed by atoms with Gasteiger partial charge in [-0.1, -0.05) is 34.1 Å². The number of hydrogen-bond acceptors (Lipinski definition) is 0. The first-order chi connectivity index (χ1) is 6.08. The normalized spacial score (nSPS) is 27.0. The van der Waals surface area contributed by atoms with E-state index in [1.165, 1.54) is 24.8 Å². The van der Waals surface area contributed by atoms with E-state index in [-0.39, 0.29) is 0 Å². The summed E-state index contributed by atoms with van der Waals surface area (Å²) in [6, 6.07) is 6.66. The van der Waals surface area contributed by atoms with E-state index >= 15 is 0 Å². The second kappa shape index (κ2) is 3.13. The van der Waals surface area contributed by atoms with E-state index in [0.29, 0.717) is 4.32 Å². The molecule has 0 spiro atoms. The summed E-state index contributed by atoms with van der Waals surface area (Å²) < 4.78 is 0.326. The number of benzene rings is 1. The molecule has 0 heterocycles. The molecule has 1 aliphatic carbocycles. The first-order valence-corrected chi connectivity index (χ1v) is 5.64. The van der Waals surface area contributed by atoms with E-state index in [1.54, 1.807) is 11.1 Å². The summed E-state index contributed by atoms with van der Waals surface area (Å²) in [6.45, 7) is 4.51. The summed E-state index contributed by atoms with van der Waals surface area (Å²) in [5.74, 6) is 0. The second-order valence-corrected chi connectivity index (χ2v) is 6.22. The predicted octanol–water partition coefficient (Wildman–Crippen LogP) is 3.64. The van der Waals surface area contributed by atoms with Crippen LogP contribution in [0, 0.1) is 6.92 Å². The monoisotopic (exact) mass is 238 g/mol. The minimum Gasteiger partial charge on any atom is -0.0853 e. The number of aryl methyl sites for hydroxylation is 2. The van der Waals surface area contributed by atoms with Crippen molar-refractivity contribution in [1.29, 1.82) is 0 Å². The van der Waals surface area contributed by atoms with Crippen LogP contribution in [0.4, 0.5) is 0 Å². The van der Waals surface area contributed by atoms with Crippen LogP contribution in [-0.4, -0.2) is 4.32 Å². The Kier molecular flexibility index (Phi) is 2.23. The van der Waals surface area contributed by atoms with E-state index in [0.717, 1.165) is 0 Å². The average Bonchev–Trinajstić information content (AvgIpc) is 2.06. The molecule has 0 saturated carbocycles. The first-order valence-electron chi connectivity index (χ1n) is 4.85. The van der Waals surface area contributed by atoms with Gasteiger partial charge in [0, 0.05) is 4.32 Å². The van der Waals surface area contributed by atoms with Gasteiger partial charge in [-0.15, -0.1) is 0 Å². The van der Waals surface area contributed by atoms with E-state index in [2.05, 4.69) is 48.0 Å². The summed E-state index contributed by atoms with van der Waals surface area (Å²) >= 11 is 3.80. The molecule has 0 saturated heterocycles. The third kappa shape index (κ3) is 1.80. The smallest absolute Gasteiger partial charge is 0.0273 e. The predicted molar refractivity (Wildman–Crippen MR) is 60.5 cm³/mol. The lowest BCUT2D eigenvalue weighted by Crippen LogP contribution is -2.26. The van der Waals surface area contributed by atoms with Gasteiger partial charge in [-0.25, -0.2) is 0 Å². The molecular weight excluding hydrogens is 224 g/mol. The van der Waals surface area contributed by atoms with Gasteiger partial charge >= 0.3 is 0 Å². The highest BCUT2D eigenvalue weighted by Crippen LogP contribution is 2.35. The van der Waals surface area contributed by atoms with Crippen LogP contribution in [0.5, 0.6) is 0 Å². The van der Waals surface area contributed by atoms with Crippen LogP contribution in [0.25, 0.3) is 0 Å². The lowest BCUT2D eigenvalue weighted by molar-refractivity contribution is 0.560. The Morgan fingerprint density at radius 3 is 2.92 bits per heavy atom. The maximum atomic E-state index is 3.80. The highest BCUT2D eigenvalue weighted by Gasteiger charge is 2.27. The Labute approximate surface area is 88.5 Å². The summed E-state index contributed by atoms with van der Waals surface area (Å²) in [5.41, 5.74) is 4.56. The van der Waals surface area contributed by atoms with Crippen molar-refractivity contribution in [2.45, 2.75) is 37.4 Å². The van der Waals surface area contributed by atoms with Crippen LogP contribution in [0.1, 0.15) is 30.0 Å². The van der Waals surface area contributed by atoms with E-state index < -0.39 is 0 Å². The molecule has 0 aliphatic heterocycles. The molecule has 1 aromatic carbocycles. The standard InChI is InChI=1S/C12H15Br/c1-9-4-3-5-10-6-7-12(2,13)8-11(9)10/h3-5H,6-8H2,1-2H3. The van der Waals surface area contributed by atoms with Crippen molar-refractivity contribution in [1.82, 2.24) is 0 Å². The van der Waals surface area contributed by atoms with E-state index in [9.17, 15) is 0 Å². The Morgan fingerprint density at radius 1 is 1.38 bits per heavy atom. The Hall–Kier alpha value is -0.300. The molecule has 0 amide bonds. The van der Waals surface area contributed by atoms with Gasteiger partial charge in [0.25, 0.3) is 0 Å². The fourth-order valence-electron chi connectivity index (χ4n) is 2.10. The molecule has 0 aromatic heterocycles. The van der Waals surface area contributed by atoms with Gasteiger partial charge in [-0.2, -0.15) is 0 Å². The second-order valence-electron chi connectivity index (χ2n) is 4.30. The average molecular weight is 239 g/mol. The van der Waals surface area contributed by atoms with Gasteiger partial charge < -0.3 is 0 Å². The Bertz CT molecular complexity index is 326. The van der Waals surface area contributed by atoms with Crippen molar-refractivity contribution in [3.8, 4) is 0 Å². The molecule has 0 fully saturated rings. The van der Waals surface area contributed by atoms with Gasteiger partial charge in [0.1, 0.15) is 0 Å². The zero-order valence-electron chi connectivity index (χ0n) is 8.23. The zero-order chi connectivity index (χ0) is 9.47. The highest BCUT2D eigenvalue weighted by molar-refractivity contribution is 9.10. The van der Waals surface area contributed by atoms with Crippen LogP contribution < -0.4 is 0 Å². The van der Waals surface area contributed by atoms with Gasteiger partial charge in [-0.05, 0) is 49.8 Å². The molecule has 2 rings (SSSR count). The molecular formula is C12H15Br. The molecule has 1 aliphatic rings. The maximum Gasteiger partial charge on any atom is 0.0273 e. The third-order valence-corrected chi connectivity index (χ3v) is 3.65. The van der Waals surface area contributed by atoms with Crippen molar-refractivity contribution in [2.24, 2.45) is 0 Å². The first kappa shape index (κ1) is 9.26. The van der Waals surface area contributed by atoms with Gasteiger partial charge in [0.05, 0.1) is 0 Å². The number of rotatable bonds is 0. The van der Waals surface area contributed by atoms with E-state index in [1.807, 2.05) is 0 Å². The zero-order valence-corrected chi connectivity index (χ0v) is 9.82. The van der Waals surface area contributed by atoms with Gasteiger partial charge in [0.15, 0.2) is 0 Å². The molecule has 0 radical (unpaired) electrons. The summed E-state index contributed by atoms with van der Waals surface area (Å²) in [4.78, 5) is 0. The topological polar surface area (TPSA) is 0 Å². The molecule has 1 unspecified atom stereocenters. The Morgan fingerprint density at radius 2 is 2.15 bits per heavy atom. The van der Waals surface area contributed by atoms with Gasteiger partial charge in [-0.3, -0.25) is 0 Å². The number of hydrogen-bond donors (Lipinski definition) is 0. The van der Waals surface area contributed by atoms with Crippen LogP contribution in [0.3, 0.4) is 0 Å². The van der Waals surface area contributed by atoms with Crippen LogP contribution in [0.15, 0.2) is 18.2 Å². The molecule has 0 bridgehead atoms. The molecule has 13 heavy (non-hydrogen) atoms. The fourth-order valence-corrected chi connectivity index (χ4v) is 2.58. The minimum absolute atomic E-state index is 0.326. The van der Waals surface area contributed by atoms with Gasteiger partial charge in [0.2, 0.25) is 0 Å². The highest BCUT2D eigenvalue weighted by atomic mass is 79.9. The molecule has 1 atom stereocenters. The van der Waals surface area contributed by atoms with Crippen LogP contribution in [0.2, 0.25) is 0 Å². The fraction of sp³-hybridized carbons (Fsp3) is 0.500.